The van der Waals surface area contributed by atoms with Crippen molar-refractivity contribution in [2.24, 2.45) is 11.7 Å². The van der Waals surface area contributed by atoms with Crippen molar-refractivity contribution in [1.29, 1.82) is 0 Å². The van der Waals surface area contributed by atoms with E-state index in [2.05, 4.69) is 15.1 Å². The predicted octanol–water partition coefficient (Wildman–Crippen LogP) is 1.39. The summed E-state index contributed by atoms with van der Waals surface area (Å²) in [5.74, 6) is 0.798. The van der Waals surface area contributed by atoms with E-state index >= 15 is 0 Å². The number of likely N-dealkylation sites (tertiary alicyclic amines) is 1. The van der Waals surface area contributed by atoms with Crippen molar-refractivity contribution >= 4 is 12.4 Å². The molecule has 1 aliphatic heterocycles. The Bertz CT molecular complexity index is 274. The van der Waals surface area contributed by atoms with Crippen LogP contribution in [0.5, 0.6) is 0 Å². The third-order valence-corrected chi connectivity index (χ3v) is 3.13. The molecule has 5 heteroatoms. The summed E-state index contributed by atoms with van der Waals surface area (Å²) in [5.41, 5.74) is 6.82. The van der Waals surface area contributed by atoms with Gasteiger partial charge in [0.05, 0.1) is 0 Å². The molecule has 4 nitrogen and oxygen atoms in total. The Morgan fingerprint density at radius 1 is 1.56 bits per heavy atom. The number of halogens is 1. The summed E-state index contributed by atoms with van der Waals surface area (Å²) in [6.07, 6.45) is 5.63. The summed E-state index contributed by atoms with van der Waals surface area (Å²) in [4.78, 5) is 2.50. The standard InChI is InChI=1S/C11H20N4.ClH/c12-5-3-10-2-1-7-15(8-10)9-11-4-6-13-14-11;/h4,6,10H,1-3,5,7-9,12H2,(H,13,14);1H. The van der Waals surface area contributed by atoms with Crippen LogP contribution in [0.1, 0.15) is 25.0 Å². The number of nitrogens with zero attached hydrogens (tertiary/aromatic N) is 2. The lowest BCUT2D eigenvalue weighted by molar-refractivity contribution is 0.161. The van der Waals surface area contributed by atoms with Crippen LogP contribution in [-0.2, 0) is 6.54 Å². The maximum atomic E-state index is 5.61. The van der Waals surface area contributed by atoms with Gasteiger partial charge in [-0.1, -0.05) is 0 Å². The number of piperidine rings is 1. The molecule has 0 radical (unpaired) electrons. The van der Waals surface area contributed by atoms with Crippen molar-refractivity contribution in [2.75, 3.05) is 19.6 Å². The zero-order valence-electron chi connectivity index (χ0n) is 9.56. The maximum absolute atomic E-state index is 5.61. The van der Waals surface area contributed by atoms with Crippen LogP contribution in [0.15, 0.2) is 12.3 Å². The van der Waals surface area contributed by atoms with E-state index in [9.17, 15) is 0 Å². The molecular weight excluding hydrogens is 224 g/mol. The summed E-state index contributed by atoms with van der Waals surface area (Å²) >= 11 is 0. The number of aromatic amines is 1. The van der Waals surface area contributed by atoms with Gasteiger partial charge in [0.15, 0.2) is 0 Å². The van der Waals surface area contributed by atoms with E-state index in [0.717, 1.165) is 19.0 Å². The summed E-state index contributed by atoms with van der Waals surface area (Å²) in [6, 6.07) is 2.05. The third kappa shape index (κ3) is 3.77. The normalized spacial score (nSPS) is 21.7. The maximum Gasteiger partial charge on any atom is 0.0492 e. The first-order valence-corrected chi connectivity index (χ1v) is 5.79. The number of nitrogens with two attached hydrogens (primary N) is 1. The van der Waals surface area contributed by atoms with Crippen LogP contribution >= 0.6 is 12.4 Å². The first-order chi connectivity index (χ1) is 7.38. The lowest BCUT2D eigenvalue weighted by Gasteiger charge is -2.32. The van der Waals surface area contributed by atoms with E-state index < -0.39 is 0 Å². The van der Waals surface area contributed by atoms with E-state index in [1.165, 1.54) is 38.0 Å². The second-order valence-electron chi connectivity index (χ2n) is 4.40. The van der Waals surface area contributed by atoms with Gasteiger partial charge in [-0.2, -0.15) is 5.10 Å². The van der Waals surface area contributed by atoms with E-state index in [0.29, 0.717) is 0 Å². The van der Waals surface area contributed by atoms with Crippen LogP contribution < -0.4 is 5.73 Å². The topological polar surface area (TPSA) is 57.9 Å². The molecule has 2 rings (SSSR count). The van der Waals surface area contributed by atoms with Crippen molar-refractivity contribution in [3.63, 3.8) is 0 Å². The molecule has 1 aliphatic rings. The van der Waals surface area contributed by atoms with Gasteiger partial charge in [0, 0.05) is 25.0 Å². The Kier molecular flexibility index (Phi) is 5.80. The smallest absolute Gasteiger partial charge is 0.0492 e. The minimum Gasteiger partial charge on any atom is -0.330 e. The van der Waals surface area contributed by atoms with Crippen LogP contribution in [-0.4, -0.2) is 34.7 Å². The van der Waals surface area contributed by atoms with Crippen molar-refractivity contribution in [3.05, 3.63) is 18.0 Å². The Labute approximate surface area is 103 Å². The van der Waals surface area contributed by atoms with Gasteiger partial charge in [0.25, 0.3) is 0 Å². The van der Waals surface area contributed by atoms with Gasteiger partial charge in [0.1, 0.15) is 0 Å². The van der Waals surface area contributed by atoms with Crippen LogP contribution in [0, 0.1) is 5.92 Å². The number of hydrogen-bond acceptors (Lipinski definition) is 3. The number of H-pyrrole nitrogens is 1. The predicted molar refractivity (Wildman–Crippen MR) is 67.5 cm³/mol. The Hall–Kier alpha value is -0.580. The van der Waals surface area contributed by atoms with Crippen LogP contribution in [0.2, 0.25) is 0 Å². The molecule has 0 amide bonds. The van der Waals surface area contributed by atoms with Crippen molar-refractivity contribution < 1.29 is 0 Å². The van der Waals surface area contributed by atoms with Gasteiger partial charge in [-0.3, -0.25) is 10.00 Å². The van der Waals surface area contributed by atoms with E-state index in [-0.39, 0.29) is 12.4 Å². The molecule has 0 bridgehead atoms. The van der Waals surface area contributed by atoms with Gasteiger partial charge in [-0.15, -0.1) is 12.4 Å². The molecule has 92 valence electrons. The van der Waals surface area contributed by atoms with Crippen molar-refractivity contribution in [3.8, 4) is 0 Å². The zero-order valence-corrected chi connectivity index (χ0v) is 10.4. The lowest BCUT2D eigenvalue weighted by atomic mass is 9.95. The molecule has 1 aromatic heterocycles. The van der Waals surface area contributed by atoms with Gasteiger partial charge in [-0.25, -0.2) is 0 Å². The minimum atomic E-state index is 0. The van der Waals surface area contributed by atoms with E-state index in [1.807, 2.05) is 12.3 Å². The molecule has 1 unspecified atom stereocenters. The molecule has 1 fully saturated rings. The monoisotopic (exact) mass is 244 g/mol. The molecular formula is C11H21ClN4. The fourth-order valence-electron chi connectivity index (χ4n) is 2.38. The van der Waals surface area contributed by atoms with Gasteiger partial charge >= 0.3 is 0 Å². The number of hydrogen-bond donors (Lipinski definition) is 2. The highest BCUT2D eigenvalue weighted by molar-refractivity contribution is 5.85. The fourth-order valence-corrected chi connectivity index (χ4v) is 2.38. The van der Waals surface area contributed by atoms with Gasteiger partial charge in [0.2, 0.25) is 0 Å². The lowest BCUT2D eigenvalue weighted by Crippen LogP contribution is -2.35. The van der Waals surface area contributed by atoms with Crippen LogP contribution in [0.4, 0.5) is 0 Å². The Balaban J connectivity index is 0.00000128. The average Bonchev–Trinajstić information content (AvgIpc) is 2.71. The highest BCUT2D eigenvalue weighted by atomic mass is 35.5. The van der Waals surface area contributed by atoms with Crippen LogP contribution in [0.25, 0.3) is 0 Å². The van der Waals surface area contributed by atoms with Gasteiger partial charge in [-0.05, 0) is 44.3 Å². The summed E-state index contributed by atoms with van der Waals surface area (Å²) in [6.45, 7) is 4.22. The zero-order chi connectivity index (χ0) is 10.5. The fraction of sp³-hybridized carbons (Fsp3) is 0.727. The number of rotatable bonds is 4. The van der Waals surface area contributed by atoms with Crippen molar-refractivity contribution in [1.82, 2.24) is 15.1 Å². The Morgan fingerprint density at radius 3 is 3.12 bits per heavy atom. The average molecular weight is 245 g/mol. The summed E-state index contributed by atoms with van der Waals surface area (Å²) in [5, 5.41) is 6.99. The molecule has 1 atom stereocenters. The molecule has 0 aliphatic carbocycles. The number of nitrogens with one attached hydrogen (secondary N) is 1. The first kappa shape index (κ1) is 13.5. The third-order valence-electron chi connectivity index (χ3n) is 3.13. The molecule has 0 aromatic carbocycles. The largest absolute Gasteiger partial charge is 0.330 e. The minimum absolute atomic E-state index is 0. The molecule has 0 saturated carbocycles. The highest BCUT2D eigenvalue weighted by Gasteiger charge is 2.19. The molecule has 1 saturated heterocycles. The highest BCUT2D eigenvalue weighted by Crippen LogP contribution is 2.20. The first-order valence-electron chi connectivity index (χ1n) is 5.79. The van der Waals surface area contributed by atoms with E-state index in [4.69, 9.17) is 5.73 Å². The van der Waals surface area contributed by atoms with E-state index in [1.54, 1.807) is 0 Å². The molecule has 3 N–H and O–H groups in total. The molecule has 16 heavy (non-hydrogen) atoms. The molecule has 0 spiro atoms. The van der Waals surface area contributed by atoms with Gasteiger partial charge < -0.3 is 5.73 Å². The van der Waals surface area contributed by atoms with Crippen molar-refractivity contribution in [2.45, 2.75) is 25.8 Å². The van der Waals surface area contributed by atoms with Crippen LogP contribution in [0.3, 0.4) is 0 Å². The Morgan fingerprint density at radius 2 is 2.44 bits per heavy atom. The SMILES string of the molecule is Cl.NCCC1CCCN(Cc2ccn[nH]2)C1. The second kappa shape index (κ2) is 6.89. The molecule has 2 heterocycles. The second-order valence-corrected chi connectivity index (χ2v) is 4.40. The number of aromatic nitrogens is 2. The quantitative estimate of drug-likeness (QED) is 0.842. The summed E-state index contributed by atoms with van der Waals surface area (Å²) in [7, 11) is 0. The summed E-state index contributed by atoms with van der Waals surface area (Å²) < 4.78 is 0. The molecule has 1 aromatic rings.